The van der Waals surface area contributed by atoms with Crippen molar-refractivity contribution in [3.8, 4) is 0 Å². The number of thioether (sulfide) groups is 1. The zero-order chi connectivity index (χ0) is 28.4. The van der Waals surface area contributed by atoms with Gasteiger partial charge in [-0.3, -0.25) is 14.4 Å². The molecule has 0 aliphatic carbocycles. The highest BCUT2D eigenvalue weighted by molar-refractivity contribution is 8.02. The molecule has 3 saturated heterocycles. The van der Waals surface area contributed by atoms with Gasteiger partial charge in [0.15, 0.2) is 0 Å². The zero-order valence-electron chi connectivity index (χ0n) is 23.6. The third-order valence-corrected chi connectivity index (χ3v) is 10.9. The molecule has 0 aromatic heterocycles. The van der Waals surface area contributed by atoms with Crippen molar-refractivity contribution in [3.05, 3.63) is 61.2 Å². The standard InChI is InChI=1S/C31H43N3O4S/c1-6-9-13-20-33(19-8-3)29(38)26-31-17-16-30(4,39-31)24(27(36)32(5)18-7-2)25(31)28(37)34(26)23(21-35)22-14-11-10-12-15-22/h7-8,10-12,14-15,23-26,35H,2-3,6,9,13,16-21H2,1,4-5H3/t23-,24+,25+,26?,30-,31?/m1/s1. The van der Waals surface area contributed by atoms with Crippen LogP contribution in [0.5, 0.6) is 0 Å². The molecule has 6 atom stereocenters. The van der Waals surface area contributed by atoms with E-state index in [2.05, 4.69) is 27.0 Å². The van der Waals surface area contributed by atoms with Gasteiger partial charge < -0.3 is 19.8 Å². The van der Waals surface area contributed by atoms with Crippen molar-refractivity contribution in [1.82, 2.24) is 14.7 Å². The maximum atomic E-state index is 14.6. The largest absolute Gasteiger partial charge is 0.394 e. The van der Waals surface area contributed by atoms with E-state index in [4.69, 9.17) is 0 Å². The minimum Gasteiger partial charge on any atom is -0.394 e. The predicted octanol–water partition coefficient (Wildman–Crippen LogP) is 4.05. The fourth-order valence-electron chi connectivity index (χ4n) is 7.08. The van der Waals surface area contributed by atoms with E-state index in [1.54, 1.807) is 40.8 Å². The van der Waals surface area contributed by atoms with Crippen LogP contribution in [-0.2, 0) is 14.4 Å². The number of nitrogens with zero attached hydrogens (tertiary/aromatic N) is 3. The Bertz CT molecular complexity index is 1100. The number of unbranched alkanes of at least 4 members (excludes halogenated alkanes) is 2. The molecule has 1 aromatic rings. The number of carbonyl (C=O) groups is 3. The Labute approximate surface area is 237 Å². The first kappa shape index (κ1) is 29.4. The summed E-state index contributed by atoms with van der Waals surface area (Å²) >= 11 is 1.66. The topological polar surface area (TPSA) is 81.2 Å². The Kier molecular flexibility index (Phi) is 8.96. The summed E-state index contributed by atoms with van der Waals surface area (Å²) in [6.45, 7) is 12.9. The predicted molar refractivity (Wildman–Crippen MR) is 156 cm³/mol. The molecule has 8 heteroatoms. The lowest BCUT2D eigenvalue weighted by Gasteiger charge is -2.39. The minimum atomic E-state index is -0.775. The molecule has 1 N–H and O–H groups in total. The normalized spacial score (nSPS) is 29.7. The molecular weight excluding hydrogens is 510 g/mol. The molecule has 1 aromatic carbocycles. The fraction of sp³-hybridized carbons (Fsp3) is 0.581. The van der Waals surface area contributed by atoms with Crippen LogP contribution in [-0.4, -0.2) is 86.4 Å². The Hall–Kier alpha value is -2.58. The average Bonchev–Trinajstić information content (AvgIpc) is 3.50. The second-order valence-electron chi connectivity index (χ2n) is 11.4. The lowest BCUT2D eigenvalue weighted by atomic mass is 9.66. The van der Waals surface area contributed by atoms with E-state index in [9.17, 15) is 19.5 Å². The van der Waals surface area contributed by atoms with Gasteiger partial charge >= 0.3 is 0 Å². The number of likely N-dealkylation sites (tertiary alicyclic amines) is 1. The molecule has 212 valence electrons. The number of aliphatic hydroxyl groups excluding tert-OH is 1. The molecular formula is C31H43N3O4S. The van der Waals surface area contributed by atoms with Crippen LogP contribution in [0, 0.1) is 11.8 Å². The number of hydrogen-bond acceptors (Lipinski definition) is 5. The zero-order valence-corrected chi connectivity index (χ0v) is 24.4. The smallest absolute Gasteiger partial charge is 0.247 e. The van der Waals surface area contributed by atoms with Gasteiger partial charge in [0.2, 0.25) is 17.7 Å². The molecule has 2 unspecified atom stereocenters. The van der Waals surface area contributed by atoms with Gasteiger partial charge in [-0.1, -0.05) is 62.2 Å². The second-order valence-corrected chi connectivity index (χ2v) is 13.3. The van der Waals surface area contributed by atoms with Crippen molar-refractivity contribution in [3.63, 3.8) is 0 Å². The summed E-state index contributed by atoms with van der Waals surface area (Å²) in [6.07, 6.45) is 7.76. The number of aliphatic hydroxyl groups is 1. The highest BCUT2D eigenvalue weighted by Gasteiger charge is 2.78. The third kappa shape index (κ3) is 4.95. The molecule has 3 amide bonds. The first-order chi connectivity index (χ1) is 18.7. The van der Waals surface area contributed by atoms with Crippen molar-refractivity contribution in [2.75, 3.05) is 33.3 Å². The molecule has 4 rings (SSSR count). The lowest BCUT2D eigenvalue weighted by Crippen LogP contribution is -2.56. The van der Waals surface area contributed by atoms with Gasteiger partial charge in [-0.2, -0.15) is 0 Å². The average molecular weight is 554 g/mol. The Morgan fingerprint density at radius 2 is 1.85 bits per heavy atom. The molecule has 3 aliphatic heterocycles. The number of likely N-dealkylation sites (N-methyl/N-ethyl adjacent to an activating group) is 1. The summed E-state index contributed by atoms with van der Waals surface area (Å²) in [5.74, 6) is -1.57. The molecule has 1 spiro atoms. The summed E-state index contributed by atoms with van der Waals surface area (Å²) < 4.78 is -1.17. The maximum absolute atomic E-state index is 14.6. The van der Waals surface area contributed by atoms with Gasteiger partial charge in [0.05, 0.1) is 29.2 Å². The third-order valence-electron chi connectivity index (χ3n) is 8.88. The van der Waals surface area contributed by atoms with Gasteiger partial charge in [-0.15, -0.1) is 24.9 Å². The second kappa shape index (κ2) is 11.9. The van der Waals surface area contributed by atoms with E-state index in [1.165, 1.54) is 0 Å². The van der Waals surface area contributed by atoms with Crippen molar-refractivity contribution < 1.29 is 19.5 Å². The van der Waals surface area contributed by atoms with E-state index in [-0.39, 0.29) is 24.3 Å². The van der Waals surface area contributed by atoms with Crippen LogP contribution in [0.1, 0.15) is 57.6 Å². The summed E-state index contributed by atoms with van der Waals surface area (Å²) in [6, 6.07) is 7.96. The first-order valence-corrected chi connectivity index (χ1v) is 15.0. The van der Waals surface area contributed by atoms with Crippen molar-refractivity contribution in [1.29, 1.82) is 0 Å². The Balaban J connectivity index is 1.83. The monoisotopic (exact) mass is 553 g/mol. The number of amides is 3. The molecule has 2 bridgehead atoms. The van der Waals surface area contributed by atoms with Crippen LogP contribution in [0.15, 0.2) is 55.6 Å². The number of fused-ring (bicyclic) bond motifs is 1. The van der Waals surface area contributed by atoms with E-state index < -0.39 is 33.4 Å². The van der Waals surface area contributed by atoms with Gasteiger partial charge in [0.25, 0.3) is 0 Å². The summed E-state index contributed by atoms with van der Waals surface area (Å²) in [5.41, 5.74) is 0.779. The summed E-state index contributed by atoms with van der Waals surface area (Å²) in [5, 5.41) is 10.7. The quantitative estimate of drug-likeness (QED) is 0.295. The van der Waals surface area contributed by atoms with Gasteiger partial charge in [0.1, 0.15) is 6.04 Å². The number of hydrogen-bond donors (Lipinski definition) is 1. The maximum Gasteiger partial charge on any atom is 0.247 e. The van der Waals surface area contributed by atoms with Crippen LogP contribution in [0.3, 0.4) is 0 Å². The minimum absolute atomic E-state index is 0.0796. The summed E-state index contributed by atoms with van der Waals surface area (Å²) in [4.78, 5) is 48.1. The molecule has 3 heterocycles. The van der Waals surface area contributed by atoms with Crippen molar-refractivity contribution in [2.24, 2.45) is 11.8 Å². The van der Waals surface area contributed by atoms with Crippen LogP contribution in [0.2, 0.25) is 0 Å². The number of benzene rings is 1. The SMILES string of the molecule is C=CCN(C)C(=O)[C@@H]1[C@H]2C(=O)N([C@H](CO)c3ccccc3)C(C(=O)N(CC=C)CCCCC)C23CC[C@@]1(C)S3. The van der Waals surface area contributed by atoms with Crippen LogP contribution >= 0.6 is 11.8 Å². The Morgan fingerprint density at radius 3 is 2.46 bits per heavy atom. The lowest BCUT2D eigenvalue weighted by molar-refractivity contribution is -0.147. The summed E-state index contributed by atoms with van der Waals surface area (Å²) in [7, 11) is 1.75. The van der Waals surface area contributed by atoms with E-state index in [0.717, 1.165) is 31.2 Å². The van der Waals surface area contributed by atoms with Crippen molar-refractivity contribution >= 4 is 29.5 Å². The van der Waals surface area contributed by atoms with E-state index in [0.29, 0.717) is 26.1 Å². The molecule has 39 heavy (non-hydrogen) atoms. The van der Waals surface area contributed by atoms with Crippen LogP contribution in [0.4, 0.5) is 0 Å². The first-order valence-electron chi connectivity index (χ1n) is 14.1. The Morgan fingerprint density at radius 1 is 1.15 bits per heavy atom. The van der Waals surface area contributed by atoms with Gasteiger partial charge in [-0.25, -0.2) is 0 Å². The molecule has 0 saturated carbocycles. The van der Waals surface area contributed by atoms with Crippen LogP contribution in [0.25, 0.3) is 0 Å². The van der Waals surface area contributed by atoms with Gasteiger partial charge in [0, 0.05) is 31.4 Å². The molecule has 3 aliphatic rings. The van der Waals surface area contributed by atoms with E-state index in [1.807, 2.05) is 35.2 Å². The highest BCUT2D eigenvalue weighted by Crippen LogP contribution is 2.72. The number of carbonyl (C=O) groups excluding carboxylic acids is 3. The van der Waals surface area contributed by atoms with Crippen molar-refractivity contribution in [2.45, 2.75) is 67.5 Å². The molecule has 0 radical (unpaired) electrons. The molecule has 3 fully saturated rings. The van der Waals surface area contributed by atoms with Gasteiger partial charge in [-0.05, 0) is 31.7 Å². The number of rotatable bonds is 13. The van der Waals surface area contributed by atoms with E-state index >= 15 is 0 Å². The van der Waals surface area contributed by atoms with Crippen LogP contribution < -0.4 is 0 Å². The highest BCUT2D eigenvalue weighted by atomic mass is 32.2. The fourth-order valence-corrected chi connectivity index (χ4v) is 9.41. The molecule has 7 nitrogen and oxygen atoms in total.